The Morgan fingerprint density at radius 1 is 1.05 bits per heavy atom. The van der Waals surface area contributed by atoms with E-state index >= 15 is 0 Å². The summed E-state index contributed by atoms with van der Waals surface area (Å²) >= 11 is 0. The summed E-state index contributed by atoms with van der Waals surface area (Å²) < 4.78 is 0. The molecule has 2 saturated carbocycles. The van der Waals surface area contributed by atoms with Crippen LogP contribution in [0.3, 0.4) is 0 Å². The van der Waals surface area contributed by atoms with Gasteiger partial charge in [0.1, 0.15) is 0 Å². The van der Waals surface area contributed by atoms with Gasteiger partial charge in [0.15, 0.2) is 0 Å². The van der Waals surface area contributed by atoms with E-state index in [0.717, 1.165) is 25.3 Å². The zero-order valence-electron chi connectivity index (χ0n) is 11.9. The first-order chi connectivity index (χ1) is 8.75. The molecule has 2 rings (SSSR count). The van der Waals surface area contributed by atoms with Gasteiger partial charge in [-0.3, -0.25) is 4.79 Å². The second kappa shape index (κ2) is 8.80. The van der Waals surface area contributed by atoms with Crippen molar-refractivity contribution in [3.8, 4) is 0 Å². The topological polar surface area (TPSA) is 55.1 Å². The van der Waals surface area contributed by atoms with Crippen molar-refractivity contribution >= 4 is 18.3 Å². The summed E-state index contributed by atoms with van der Waals surface area (Å²) in [4.78, 5) is 11.8. The molecule has 2 aliphatic rings. The van der Waals surface area contributed by atoms with Gasteiger partial charge in [0.25, 0.3) is 0 Å². The quantitative estimate of drug-likeness (QED) is 0.817. The SMILES string of the molecule is Cl.N[C@@H]1CCC[C@H]1CC(=O)NCCC1CCCCC1. The number of carbonyl (C=O) groups is 1. The van der Waals surface area contributed by atoms with Gasteiger partial charge in [-0.15, -0.1) is 12.4 Å². The highest BCUT2D eigenvalue weighted by molar-refractivity contribution is 5.85. The van der Waals surface area contributed by atoms with Crippen molar-refractivity contribution in [3.05, 3.63) is 0 Å². The molecule has 0 bridgehead atoms. The van der Waals surface area contributed by atoms with Crippen LogP contribution in [-0.4, -0.2) is 18.5 Å². The van der Waals surface area contributed by atoms with E-state index in [9.17, 15) is 4.79 Å². The Morgan fingerprint density at radius 3 is 2.42 bits per heavy atom. The Balaban J connectivity index is 0.00000180. The van der Waals surface area contributed by atoms with Gasteiger partial charge in [0.05, 0.1) is 0 Å². The second-order valence-electron chi connectivity index (χ2n) is 6.20. The number of carbonyl (C=O) groups excluding carboxylic acids is 1. The second-order valence-corrected chi connectivity index (χ2v) is 6.20. The van der Waals surface area contributed by atoms with Gasteiger partial charge in [-0.1, -0.05) is 38.5 Å². The molecule has 0 radical (unpaired) electrons. The van der Waals surface area contributed by atoms with Crippen LogP contribution in [0.25, 0.3) is 0 Å². The summed E-state index contributed by atoms with van der Waals surface area (Å²) in [7, 11) is 0. The lowest BCUT2D eigenvalue weighted by molar-refractivity contribution is -0.122. The predicted octanol–water partition coefficient (Wildman–Crippen LogP) is 3.01. The summed E-state index contributed by atoms with van der Waals surface area (Å²) in [6, 6.07) is 0.258. The number of rotatable bonds is 5. The molecule has 4 heteroatoms. The lowest BCUT2D eigenvalue weighted by Crippen LogP contribution is -2.32. The monoisotopic (exact) mass is 288 g/mol. The van der Waals surface area contributed by atoms with Gasteiger partial charge in [0.2, 0.25) is 5.91 Å². The lowest BCUT2D eigenvalue weighted by atomic mass is 9.87. The lowest BCUT2D eigenvalue weighted by Gasteiger charge is -2.21. The van der Waals surface area contributed by atoms with Gasteiger partial charge in [-0.2, -0.15) is 0 Å². The van der Waals surface area contributed by atoms with E-state index in [2.05, 4.69) is 5.32 Å². The van der Waals surface area contributed by atoms with Crippen LogP contribution >= 0.6 is 12.4 Å². The van der Waals surface area contributed by atoms with Gasteiger partial charge in [0, 0.05) is 19.0 Å². The highest BCUT2D eigenvalue weighted by Crippen LogP contribution is 2.27. The molecule has 2 aliphatic carbocycles. The van der Waals surface area contributed by atoms with E-state index in [1.807, 2.05) is 0 Å². The molecule has 1 amide bonds. The van der Waals surface area contributed by atoms with Crippen molar-refractivity contribution in [3.63, 3.8) is 0 Å². The van der Waals surface area contributed by atoms with Crippen molar-refractivity contribution in [2.45, 2.75) is 70.3 Å². The van der Waals surface area contributed by atoms with Gasteiger partial charge in [-0.05, 0) is 31.1 Å². The van der Waals surface area contributed by atoms with Crippen molar-refractivity contribution in [2.24, 2.45) is 17.6 Å². The Hall–Kier alpha value is -0.280. The Bertz CT molecular complexity index is 267. The molecule has 0 unspecified atom stereocenters. The van der Waals surface area contributed by atoms with Crippen LogP contribution < -0.4 is 11.1 Å². The van der Waals surface area contributed by atoms with Crippen LogP contribution in [0.2, 0.25) is 0 Å². The van der Waals surface area contributed by atoms with Gasteiger partial charge in [-0.25, -0.2) is 0 Å². The minimum Gasteiger partial charge on any atom is -0.356 e. The van der Waals surface area contributed by atoms with Crippen molar-refractivity contribution < 1.29 is 4.79 Å². The standard InChI is InChI=1S/C15H28N2O.ClH/c16-14-8-4-7-13(14)11-15(18)17-10-9-12-5-2-1-3-6-12;/h12-14H,1-11,16H2,(H,17,18);1H/t13-,14+;/m0./s1. The molecule has 19 heavy (non-hydrogen) atoms. The molecule has 2 fully saturated rings. The summed E-state index contributed by atoms with van der Waals surface area (Å²) in [6.07, 6.45) is 12.1. The molecular weight excluding hydrogens is 260 g/mol. The summed E-state index contributed by atoms with van der Waals surface area (Å²) in [6.45, 7) is 0.867. The Kier molecular flexibility index (Phi) is 7.77. The van der Waals surface area contributed by atoms with Crippen molar-refractivity contribution in [1.82, 2.24) is 5.32 Å². The summed E-state index contributed by atoms with van der Waals surface area (Å²) in [5, 5.41) is 3.08. The molecule has 0 aromatic rings. The van der Waals surface area contributed by atoms with Crippen LogP contribution in [0, 0.1) is 11.8 Å². The molecule has 0 aliphatic heterocycles. The van der Waals surface area contributed by atoms with Crippen LogP contribution in [0.15, 0.2) is 0 Å². The van der Waals surface area contributed by atoms with Gasteiger partial charge < -0.3 is 11.1 Å². The fourth-order valence-corrected chi connectivity index (χ4v) is 3.52. The van der Waals surface area contributed by atoms with Crippen molar-refractivity contribution in [1.29, 1.82) is 0 Å². The third kappa shape index (κ3) is 5.70. The highest BCUT2D eigenvalue weighted by atomic mass is 35.5. The zero-order valence-corrected chi connectivity index (χ0v) is 12.7. The van der Waals surface area contributed by atoms with E-state index in [1.54, 1.807) is 0 Å². The third-order valence-corrected chi connectivity index (χ3v) is 4.76. The maximum Gasteiger partial charge on any atom is 0.220 e. The van der Waals surface area contributed by atoms with E-state index in [-0.39, 0.29) is 24.4 Å². The first-order valence-corrected chi connectivity index (χ1v) is 7.78. The Labute approximate surface area is 123 Å². The number of hydrogen-bond donors (Lipinski definition) is 2. The molecular formula is C15H29ClN2O. The first-order valence-electron chi connectivity index (χ1n) is 7.78. The number of halogens is 1. The van der Waals surface area contributed by atoms with E-state index in [1.165, 1.54) is 44.9 Å². The van der Waals surface area contributed by atoms with Gasteiger partial charge >= 0.3 is 0 Å². The van der Waals surface area contributed by atoms with E-state index in [0.29, 0.717) is 12.3 Å². The molecule has 112 valence electrons. The minimum atomic E-state index is 0. The molecule has 0 spiro atoms. The molecule has 0 heterocycles. The van der Waals surface area contributed by atoms with Crippen LogP contribution in [0.1, 0.15) is 64.2 Å². The number of amides is 1. The average molecular weight is 289 g/mol. The van der Waals surface area contributed by atoms with Crippen LogP contribution in [0.5, 0.6) is 0 Å². The molecule has 3 N–H and O–H groups in total. The molecule has 3 nitrogen and oxygen atoms in total. The van der Waals surface area contributed by atoms with Crippen LogP contribution in [-0.2, 0) is 4.79 Å². The smallest absolute Gasteiger partial charge is 0.220 e. The van der Waals surface area contributed by atoms with Crippen LogP contribution in [0.4, 0.5) is 0 Å². The summed E-state index contributed by atoms with van der Waals surface area (Å²) in [5.41, 5.74) is 5.99. The normalized spacial score (nSPS) is 27.8. The molecule has 0 aromatic heterocycles. The fourth-order valence-electron chi connectivity index (χ4n) is 3.52. The summed E-state index contributed by atoms with van der Waals surface area (Å²) in [5.74, 6) is 1.50. The maximum absolute atomic E-state index is 11.8. The average Bonchev–Trinajstić information content (AvgIpc) is 2.76. The van der Waals surface area contributed by atoms with Crippen molar-refractivity contribution in [2.75, 3.05) is 6.54 Å². The number of hydrogen-bond acceptors (Lipinski definition) is 2. The molecule has 0 aromatic carbocycles. The zero-order chi connectivity index (χ0) is 12.8. The van der Waals surface area contributed by atoms with E-state index in [4.69, 9.17) is 5.73 Å². The maximum atomic E-state index is 11.8. The molecule has 2 atom stereocenters. The highest BCUT2D eigenvalue weighted by Gasteiger charge is 2.25. The van der Waals surface area contributed by atoms with E-state index < -0.39 is 0 Å². The largest absolute Gasteiger partial charge is 0.356 e. The predicted molar refractivity (Wildman–Crippen MR) is 81.4 cm³/mol. The first kappa shape index (κ1) is 16.8. The third-order valence-electron chi connectivity index (χ3n) is 4.76. The Morgan fingerprint density at radius 2 is 1.79 bits per heavy atom. The fraction of sp³-hybridized carbons (Fsp3) is 0.933. The number of nitrogens with one attached hydrogen (secondary N) is 1. The molecule has 0 saturated heterocycles. The minimum absolute atomic E-state index is 0. The number of nitrogens with two attached hydrogens (primary N) is 1.